The number of carbonyl (C=O) groups excluding carboxylic acids is 2. The summed E-state index contributed by atoms with van der Waals surface area (Å²) in [6.07, 6.45) is 1.04. The highest BCUT2D eigenvalue weighted by Crippen LogP contribution is 2.34. The number of fused-ring (bicyclic) bond motifs is 1. The Kier molecular flexibility index (Phi) is 6.57. The molecule has 0 spiro atoms. The van der Waals surface area contributed by atoms with Gasteiger partial charge in [0.25, 0.3) is 5.91 Å². The Labute approximate surface area is 233 Å². The van der Waals surface area contributed by atoms with Crippen molar-refractivity contribution in [3.63, 3.8) is 0 Å². The molecule has 40 heavy (non-hydrogen) atoms. The van der Waals surface area contributed by atoms with E-state index in [-0.39, 0.29) is 17.9 Å². The fraction of sp³-hybridized carbons (Fsp3) is 0.138. The van der Waals surface area contributed by atoms with Crippen molar-refractivity contribution in [1.82, 2.24) is 9.29 Å². The number of rotatable bonds is 7. The standard InChI is InChI=1S/C29H22FN3O5S2/c1-18-4-13-24-26(15-18)39-28(31-24)19-5-9-21(10-6-19)33-27(34)16-25(29(33)35)32(17-22-3-2-14-38-22)40(36,37)23-11-7-20(30)8-12-23/h2-15,25H,16-17H2,1H3. The van der Waals surface area contributed by atoms with E-state index in [0.717, 1.165) is 59.8 Å². The number of carbonyl (C=O) groups is 2. The fourth-order valence-electron chi connectivity index (χ4n) is 4.68. The third-order valence-electron chi connectivity index (χ3n) is 6.70. The number of hydrogen-bond donors (Lipinski definition) is 0. The van der Waals surface area contributed by atoms with Crippen LogP contribution in [0.2, 0.25) is 0 Å². The second-order valence-electron chi connectivity index (χ2n) is 9.41. The van der Waals surface area contributed by atoms with Crippen molar-refractivity contribution >= 4 is 49.1 Å². The zero-order valence-corrected chi connectivity index (χ0v) is 22.8. The van der Waals surface area contributed by atoms with Crippen molar-refractivity contribution in [1.29, 1.82) is 0 Å². The number of furan rings is 1. The first kappa shape index (κ1) is 26.1. The summed E-state index contributed by atoms with van der Waals surface area (Å²) >= 11 is 1.55. The molecule has 3 heterocycles. The summed E-state index contributed by atoms with van der Waals surface area (Å²) in [5, 5.41) is 0.805. The summed E-state index contributed by atoms with van der Waals surface area (Å²) in [4.78, 5) is 32.2. The molecule has 1 unspecified atom stereocenters. The van der Waals surface area contributed by atoms with Crippen LogP contribution in [0, 0.1) is 12.7 Å². The first-order valence-corrected chi connectivity index (χ1v) is 14.6. The van der Waals surface area contributed by atoms with Gasteiger partial charge in [0.05, 0.1) is 40.0 Å². The van der Waals surface area contributed by atoms with E-state index in [1.807, 2.05) is 19.1 Å². The second-order valence-corrected chi connectivity index (χ2v) is 12.3. The van der Waals surface area contributed by atoms with Gasteiger partial charge in [0.1, 0.15) is 22.6 Å². The molecule has 1 aliphatic rings. The van der Waals surface area contributed by atoms with Gasteiger partial charge in [-0.25, -0.2) is 22.7 Å². The number of anilines is 1. The number of thiazole rings is 1. The molecule has 5 aromatic rings. The Bertz CT molecular complexity index is 1830. The van der Waals surface area contributed by atoms with Crippen LogP contribution in [0.4, 0.5) is 10.1 Å². The third-order valence-corrected chi connectivity index (χ3v) is 9.64. The largest absolute Gasteiger partial charge is 0.468 e. The number of sulfonamides is 1. The normalized spacial score (nSPS) is 16.0. The molecule has 0 N–H and O–H groups in total. The van der Waals surface area contributed by atoms with E-state index >= 15 is 0 Å². The Morgan fingerprint density at radius 1 is 1.05 bits per heavy atom. The minimum Gasteiger partial charge on any atom is -0.468 e. The molecule has 202 valence electrons. The number of aromatic nitrogens is 1. The molecule has 0 bridgehead atoms. The van der Waals surface area contributed by atoms with Crippen molar-refractivity contribution in [3.8, 4) is 10.6 Å². The lowest BCUT2D eigenvalue weighted by atomic mass is 10.2. The monoisotopic (exact) mass is 575 g/mol. The number of amides is 2. The van der Waals surface area contributed by atoms with Gasteiger partial charge in [-0.2, -0.15) is 4.31 Å². The van der Waals surface area contributed by atoms with Crippen LogP contribution in [-0.4, -0.2) is 35.6 Å². The minimum atomic E-state index is -4.30. The van der Waals surface area contributed by atoms with E-state index in [1.165, 1.54) is 6.26 Å². The topological polar surface area (TPSA) is 101 Å². The van der Waals surface area contributed by atoms with Crippen LogP contribution in [0.15, 0.2) is 94.4 Å². The highest BCUT2D eigenvalue weighted by molar-refractivity contribution is 7.89. The van der Waals surface area contributed by atoms with Gasteiger partial charge in [-0.1, -0.05) is 6.07 Å². The van der Waals surface area contributed by atoms with Crippen molar-refractivity contribution in [2.45, 2.75) is 30.8 Å². The Balaban J connectivity index is 1.30. The first-order chi connectivity index (χ1) is 19.2. The van der Waals surface area contributed by atoms with Crippen LogP contribution in [0.3, 0.4) is 0 Å². The number of imide groups is 1. The highest BCUT2D eigenvalue weighted by atomic mass is 32.2. The SMILES string of the molecule is Cc1ccc2nc(-c3ccc(N4C(=O)CC(N(Cc5ccco5)S(=O)(=O)c5ccc(F)cc5)C4=O)cc3)sc2c1. The van der Waals surface area contributed by atoms with Gasteiger partial charge >= 0.3 is 0 Å². The molecule has 1 atom stereocenters. The molecule has 0 radical (unpaired) electrons. The smallest absolute Gasteiger partial charge is 0.252 e. The maximum Gasteiger partial charge on any atom is 0.252 e. The van der Waals surface area contributed by atoms with E-state index in [4.69, 9.17) is 4.42 Å². The molecule has 0 saturated carbocycles. The molecular weight excluding hydrogens is 553 g/mol. The van der Waals surface area contributed by atoms with Gasteiger partial charge < -0.3 is 4.42 Å². The predicted octanol–water partition coefficient (Wildman–Crippen LogP) is 5.53. The van der Waals surface area contributed by atoms with Gasteiger partial charge in [-0.3, -0.25) is 9.59 Å². The number of benzene rings is 3. The summed E-state index contributed by atoms with van der Waals surface area (Å²) in [5.41, 5.74) is 3.19. The molecule has 1 saturated heterocycles. The van der Waals surface area contributed by atoms with Crippen LogP contribution in [0.1, 0.15) is 17.7 Å². The lowest BCUT2D eigenvalue weighted by Crippen LogP contribution is -2.45. The summed E-state index contributed by atoms with van der Waals surface area (Å²) in [6, 6.07) is 19.1. The Hall–Kier alpha value is -4.19. The molecule has 8 nitrogen and oxygen atoms in total. The number of aryl methyl sites for hydroxylation is 1. The average Bonchev–Trinajstić information content (AvgIpc) is 3.67. The van der Waals surface area contributed by atoms with Gasteiger partial charge in [0, 0.05) is 5.56 Å². The maximum absolute atomic E-state index is 13.6. The summed E-state index contributed by atoms with van der Waals surface area (Å²) in [6.45, 7) is 1.74. The quantitative estimate of drug-likeness (QED) is 0.237. The van der Waals surface area contributed by atoms with E-state index in [9.17, 15) is 22.4 Å². The lowest BCUT2D eigenvalue weighted by molar-refractivity contribution is -0.122. The van der Waals surface area contributed by atoms with Gasteiger partial charge in [0.15, 0.2) is 0 Å². The van der Waals surface area contributed by atoms with Gasteiger partial charge in [-0.05, 0) is 85.3 Å². The minimum absolute atomic E-state index is 0.200. The van der Waals surface area contributed by atoms with Gasteiger partial charge in [0.2, 0.25) is 15.9 Å². The highest BCUT2D eigenvalue weighted by Gasteiger charge is 2.47. The average molecular weight is 576 g/mol. The van der Waals surface area contributed by atoms with Crippen LogP contribution < -0.4 is 4.90 Å². The number of hydrogen-bond acceptors (Lipinski definition) is 7. The molecule has 1 fully saturated rings. The van der Waals surface area contributed by atoms with Crippen molar-refractivity contribution < 1.29 is 26.8 Å². The van der Waals surface area contributed by atoms with Crippen LogP contribution in [0.25, 0.3) is 20.8 Å². The Morgan fingerprint density at radius 3 is 2.50 bits per heavy atom. The van der Waals surface area contributed by atoms with Crippen LogP contribution in [0.5, 0.6) is 0 Å². The first-order valence-electron chi connectivity index (χ1n) is 12.3. The van der Waals surface area contributed by atoms with Gasteiger partial charge in [-0.15, -0.1) is 11.3 Å². The Morgan fingerprint density at radius 2 is 1.80 bits per heavy atom. The zero-order valence-electron chi connectivity index (χ0n) is 21.2. The van der Waals surface area contributed by atoms with E-state index in [0.29, 0.717) is 11.4 Å². The summed E-state index contributed by atoms with van der Waals surface area (Å²) in [7, 11) is -4.30. The molecule has 2 amide bonds. The molecule has 3 aromatic carbocycles. The molecule has 0 aliphatic carbocycles. The van der Waals surface area contributed by atoms with E-state index < -0.39 is 33.7 Å². The van der Waals surface area contributed by atoms with Crippen LogP contribution in [-0.2, 0) is 26.2 Å². The molecular formula is C29H22FN3O5S2. The summed E-state index contributed by atoms with van der Waals surface area (Å²) in [5.74, 6) is -1.51. The van der Waals surface area contributed by atoms with E-state index in [1.54, 1.807) is 47.7 Å². The predicted molar refractivity (Wildman–Crippen MR) is 149 cm³/mol. The second kappa shape index (κ2) is 10.1. The van der Waals surface area contributed by atoms with Crippen LogP contribution >= 0.6 is 11.3 Å². The van der Waals surface area contributed by atoms with Crippen molar-refractivity contribution in [3.05, 3.63) is 102 Å². The number of halogens is 1. The third kappa shape index (κ3) is 4.72. The maximum atomic E-state index is 13.6. The number of nitrogens with zero attached hydrogens (tertiary/aromatic N) is 3. The van der Waals surface area contributed by atoms with Crippen molar-refractivity contribution in [2.75, 3.05) is 4.90 Å². The summed E-state index contributed by atoms with van der Waals surface area (Å²) < 4.78 is 48.1. The molecule has 6 rings (SSSR count). The molecule has 1 aliphatic heterocycles. The fourth-order valence-corrected chi connectivity index (χ4v) is 7.30. The lowest BCUT2D eigenvalue weighted by Gasteiger charge is -2.26. The van der Waals surface area contributed by atoms with E-state index in [2.05, 4.69) is 11.1 Å². The molecule has 2 aromatic heterocycles. The zero-order chi connectivity index (χ0) is 28.0. The molecule has 11 heteroatoms. The van der Waals surface area contributed by atoms with Crippen molar-refractivity contribution in [2.24, 2.45) is 0 Å².